The summed E-state index contributed by atoms with van der Waals surface area (Å²) in [5, 5.41) is 0. The van der Waals surface area contributed by atoms with Crippen molar-refractivity contribution in [2.75, 3.05) is 13.2 Å². The van der Waals surface area contributed by atoms with Crippen molar-refractivity contribution in [1.29, 1.82) is 0 Å². The minimum Gasteiger partial charge on any atom is -0.448 e. The minimum atomic E-state index is -0.665. The van der Waals surface area contributed by atoms with E-state index >= 15 is 0 Å². The first kappa shape index (κ1) is 25.2. The van der Waals surface area contributed by atoms with Gasteiger partial charge < -0.3 is 14.2 Å². The van der Waals surface area contributed by atoms with Gasteiger partial charge in [-0.3, -0.25) is 0 Å². The van der Waals surface area contributed by atoms with E-state index in [4.69, 9.17) is 14.2 Å². The molecule has 7 nitrogen and oxygen atoms in total. The lowest BCUT2D eigenvalue weighted by Crippen LogP contribution is -2.60. The smallest absolute Gasteiger partial charge is 0.426 e. The molecule has 0 radical (unpaired) electrons. The molecule has 3 bridgehead atoms. The number of hydrogen-bond donors (Lipinski definition) is 2. The number of carbonyl (C=O) groups excluding carboxylic acids is 2. The molecule has 2 N–H and O–H groups in total. The van der Waals surface area contributed by atoms with Crippen molar-refractivity contribution < 1.29 is 23.8 Å². The number of cyclic esters (lactones) is 1. The van der Waals surface area contributed by atoms with Crippen LogP contribution in [-0.4, -0.2) is 37.6 Å². The summed E-state index contributed by atoms with van der Waals surface area (Å²) in [5.41, 5.74) is 5.37. The molecule has 5 fully saturated rings. The van der Waals surface area contributed by atoms with Crippen LogP contribution in [0, 0.1) is 46.3 Å². The third kappa shape index (κ3) is 4.44. The Labute approximate surface area is 210 Å². The number of carbonyl (C=O) groups is 2. The second-order valence-electron chi connectivity index (χ2n) is 12.8. The van der Waals surface area contributed by atoms with E-state index in [1.54, 1.807) is 0 Å². The Bertz CT molecular complexity index is 806. The van der Waals surface area contributed by atoms with Crippen molar-refractivity contribution in [2.24, 2.45) is 46.3 Å². The first-order valence-corrected chi connectivity index (χ1v) is 14.3. The first-order valence-electron chi connectivity index (χ1n) is 14.3. The van der Waals surface area contributed by atoms with Gasteiger partial charge in [0.25, 0.3) is 0 Å². The molecule has 4 saturated carbocycles. The standard InChI is InChI=1S/C28H46N2O5/c1-5-17(2)20-7-8-21-24-22(10-12-28(20,21)4)27(3)11-9-19-15-18(27)16-23(24)35-26(32)30-29-25(31)34-14-6-13-33-19/h17-24H,5-16H2,1-4H3,(H,29,31)(H,30,32)/t17-,18+,19-,20-,21+,22+,23-,24+,27+,28-/m1/s1. The molecule has 0 spiro atoms. The fraction of sp³-hybridized carbons (Fsp3) is 0.929. The Morgan fingerprint density at radius 3 is 2.49 bits per heavy atom. The Hall–Kier alpha value is -1.50. The molecule has 2 amide bonds. The van der Waals surface area contributed by atoms with Gasteiger partial charge in [-0.15, -0.1) is 0 Å². The Balaban J connectivity index is 1.45. The number of ether oxygens (including phenoxy) is 3. The average molecular weight is 491 g/mol. The van der Waals surface area contributed by atoms with Gasteiger partial charge in [0.2, 0.25) is 0 Å². The van der Waals surface area contributed by atoms with E-state index in [1.807, 2.05) is 0 Å². The van der Waals surface area contributed by atoms with Crippen molar-refractivity contribution in [1.82, 2.24) is 10.9 Å². The van der Waals surface area contributed by atoms with E-state index in [-0.39, 0.29) is 24.2 Å². The van der Waals surface area contributed by atoms with E-state index in [9.17, 15) is 9.59 Å². The van der Waals surface area contributed by atoms with Gasteiger partial charge in [-0.2, -0.15) is 0 Å². The van der Waals surface area contributed by atoms with E-state index in [2.05, 4.69) is 38.5 Å². The molecule has 35 heavy (non-hydrogen) atoms. The van der Waals surface area contributed by atoms with Crippen LogP contribution in [0.5, 0.6) is 0 Å². The predicted octanol–water partition coefficient (Wildman–Crippen LogP) is 5.83. The zero-order chi connectivity index (χ0) is 24.8. The lowest BCUT2D eigenvalue weighted by Gasteiger charge is -2.63. The summed E-state index contributed by atoms with van der Waals surface area (Å²) in [6.45, 7) is 10.7. The van der Waals surface area contributed by atoms with Gasteiger partial charge in [0.1, 0.15) is 6.10 Å². The van der Waals surface area contributed by atoms with Crippen LogP contribution in [0.3, 0.4) is 0 Å². The number of hydrazine groups is 1. The van der Waals surface area contributed by atoms with Gasteiger partial charge in [0, 0.05) is 12.3 Å². The number of nitrogens with one attached hydrogen (secondary N) is 2. The van der Waals surface area contributed by atoms with Crippen molar-refractivity contribution in [2.45, 2.75) is 104 Å². The SMILES string of the molecule is CC[C@@H](C)[C@H]1CC[C@H]2[C@@H]3[C@H]4C[C@@H]5C[C@@H](CC[C@]5(C)[C@H]3CC[C@]12C)OCCCOC(=O)NNC(=O)O4. The predicted molar refractivity (Wildman–Crippen MR) is 132 cm³/mol. The molecule has 1 heterocycles. The molecule has 10 atom stereocenters. The van der Waals surface area contributed by atoms with E-state index in [0.29, 0.717) is 42.1 Å². The van der Waals surface area contributed by atoms with E-state index in [0.717, 1.165) is 31.1 Å². The quantitative estimate of drug-likeness (QED) is 0.509. The third-order valence-corrected chi connectivity index (χ3v) is 11.4. The van der Waals surface area contributed by atoms with Crippen LogP contribution in [0.15, 0.2) is 0 Å². The monoisotopic (exact) mass is 490 g/mol. The van der Waals surface area contributed by atoms with Crippen molar-refractivity contribution in [3.63, 3.8) is 0 Å². The summed E-state index contributed by atoms with van der Waals surface area (Å²) in [6.07, 6.45) is 10.1. The van der Waals surface area contributed by atoms with Crippen LogP contribution in [0.25, 0.3) is 0 Å². The molecule has 0 aromatic heterocycles. The van der Waals surface area contributed by atoms with Gasteiger partial charge in [-0.1, -0.05) is 34.1 Å². The highest BCUT2D eigenvalue weighted by Gasteiger charge is 2.63. The van der Waals surface area contributed by atoms with Gasteiger partial charge >= 0.3 is 12.2 Å². The Morgan fingerprint density at radius 2 is 1.69 bits per heavy atom. The number of fused-ring (bicyclic) bond motifs is 7. The molecule has 5 aliphatic rings. The summed E-state index contributed by atoms with van der Waals surface area (Å²) in [6, 6.07) is 0. The topological polar surface area (TPSA) is 85.9 Å². The molecule has 4 aliphatic carbocycles. The van der Waals surface area contributed by atoms with Crippen LogP contribution in [0.4, 0.5) is 9.59 Å². The van der Waals surface area contributed by atoms with Crippen molar-refractivity contribution in [3.05, 3.63) is 0 Å². The molecule has 0 aromatic carbocycles. The first-order chi connectivity index (χ1) is 16.8. The fourth-order valence-electron chi connectivity index (χ4n) is 9.47. The summed E-state index contributed by atoms with van der Waals surface area (Å²) < 4.78 is 17.6. The Kier molecular flexibility index (Phi) is 7.01. The number of rotatable bonds is 2. The van der Waals surface area contributed by atoms with Gasteiger partial charge in [0.15, 0.2) is 0 Å². The van der Waals surface area contributed by atoms with Gasteiger partial charge in [-0.05, 0) is 91.8 Å². The molecular weight excluding hydrogens is 444 g/mol. The average Bonchev–Trinajstić information content (AvgIpc) is 3.19. The second-order valence-corrected chi connectivity index (χ2v) is 12.8. The number of amides is 2. The minimum absolute atomic E-state index is 0.125. The summed E-state index contributed by atoms with van der Waals surface area (Å²) in [5.74, 6) is 3.52. The van der Waals surface area contributed by atoms with Crippen LogP contribution in [-0.2, 0) is 14.2 Å². The zero-order valence-electron chi connectivity index (χ0n) is 22.1. The third-order valence-electron chi connectivity index (χ3n) is 11.4. The van der Waals surface area contributed by atoms with Crippen LogP contribution in [0.1, 0.15) is 91.9 Å². The molecule has 7 heteroatoms. The van der Waals surface area contributed by atoms with Crippen LogP contribution >= 0.6 is 0 Å². The van der Waals surface area contributed by atoms with E-state index in [1.165, 1.54) is 38.5 Å². The fourth-order valence-corrected chi connectivity index (χ4v) is 9.47. The highest BCUT2D eigenvalue weighted by molar-refractivity contribution is 5.73. The van der Waals surface area contributed by atoms with Crippen LogP contribution in [0.2, 0.25) is 0 Å². The van der Waals surface area contributed by atoms with Crippen molar-refractivity contribution >= 4 is 12.2 Å². The Morgan fingerprint density at radius 1 is 0.943 bits per heavy atom. The largest absolute Gasteiger partial charge is 0.448 e. The van der Waals surface area contributed by atoms with E-state index < -0.39 is 12.2 Å². The molecule has 5 rings (SSSR count). The van der Waals surface area contributed by atoms with Crippen molar-refractivity contribution in [3.8, 4) is 0 Å². The molecule has 0 aromatic rings. The normalized spacial score (nSPS) is 47.0. The van der Waals surface area contributed by atoms with Gasteiger partial charge in [0.05, 0.1) is 19.3 Å². The lowest BCUT2D eigenvalue weighted by molar-refractivity contribution is -0.178. The van der Waals surface area contributed by atoms with Crippen LogP contribution < -0.4 is 10.9 Å². The summed E-state index contributed by atoms with van der Waals surface area (Å²) >= 11 is 0. The highest BCUT2D eigenvalue weighted by Crippen LogP contribution is 2.68. The molecule has 198 valence electrons. The summed E-state index contributed by atoms with van der Waals surface area (Å²) in [4.78, 5) is 24.8. The lowest BCUT2D eigenvalue weighted by atomic mass is 9.43. The maximum atomic E-state index is 12.8. The number of hydrogen-bond acceptors (Lipinski definition) is 5. The maximum absolute atomic E-state index is 12.8. The second kappa shape index (κ2) is 9.75. The summed E-state index contributed by atoms with van der Waals surface area (Å²) in [7, 11) is 0. The molecule has 1 saturated heterocycles. The molecular formula is C28H46N2O5. The molecule has 1 aliphatic heterocycles. The maximum Gasteiger partial charge on any atom is 0.426 e. The zero-order valence-corrected chi connectivity index (χ0v) is 22.1. The van der Waals surface area contributed by atoms with Gasteiger partial charge in [-0.25, -0.2) is 20.4 Å². The molecule has 0 unspecified atom stereocenters. The highest BCUT2D eigenvalue weighted by atomic mass is 16.6.